The Morgan fingerprint density at radius 3 is 2.33 bits per heavy atom. The molecule has 0 spiro atoms. The lowest BCUT2D eigenvalue weighted by atomic mass is 10.0. The molecule has 2 atom stereocenters. The van der Waals surface area contributed by atoms with Gasteiger partial charge in [-0.05, 0) is 33.4 Å². The Bertz CT molecular complexity index is 171. The highest BCUT2D eigenvalue weighted by Gasteiger charge is 2.15. The molecule has 0 rings (SSSR count). The predicted molar refractivity (Wildman–Crippen MR) is 65.0 cm³/mol. The number of carbonyl (C=O) groups is 1. The summed E-state index contributed by atoms with van der Waals surface area (Å²) in [6, 6.07) is 0.468. The van der Waals surface area contributed by atoms with Gasteiger partial charge in [0.25, 0.3) is 0 Å². The average molecular weight is 214 g/mol. The van der Waals surface area contributed by atoms with Crippen molar-refractivity contribution < 1.29 is 4.79 Å². The van der Waals surface area contributed by atoms with Gasteiger partial charge in [0.2, 0.25) is 0 Å². The van der Waals surface area contributed by atoms with Crippen LogP contribution in [-0.2, 0) is 4.79 Å². The van der Waals surface area contributed by atoms with Gasteiger partial charge in [-0.2, -0.15) is 0 Å². The Balaban J connectivity index is 3.97. The summed E-state index contributed by atoms with van der Waals surface area (Å²) in [6.45, 7) is 8.49. The van der Waals surface area contributed by atoms with Gasteiger partial charge in [0.15, 0.2) is 0 Å². The number of carbonyl (C=O) groups excluding carboxylic acids is 1. The smallest absolute Gasteiger partial charge is 0.124 e. The molecule has 0 aromatic rings. The monoisotopic (exact) mass is 214 g/mol. The van der Waals surface area contributed by atoms with Crippen LogP contribution in [0, 0.1) is 11.8 Å². The van der Waals surface area contributed by atoms with Gasteiger partial charge in [-0.1, -0.05) is 13.8 Å². The molecule has 0 aliphatic rings. The van der Waals surface area contributed by atoms with E-state index in [1.165, 1.54) is 0 Å². The molecule has 0 bridgehead atoms. The van der Waals surface area contributed by atoms with Gasteiger partial charge in [0, 0.05) is 25.0 Å². The third-order valence-corrected chi connectivity index (χ3v) is 2.71. The fourth-order valence-corrected chi connectivity index (χ4v) is 1.82. The Kier molecular flexibility index (Phi) is 7.61. The normalized spacial score (nSPS) is 15.7. The highest BCUT2D eigenvalue weighted by Crippen LogP contribution is 2.10. The van der Waals surface area contributed by atoms with Crippen molar-refractivity contribution in [1.82, 2.24) is 10.2 Å². The second-order valence-corrected chi connectivity index (χ2v) is 4.87. The van der Waals surface area contributed by atoms with Crippen LogP contribution in [0.2, 0.25) is 0 Å². The van der Waals surface area contributed by atoms with Crippen molar-refractivity contribution in [2.45, 2.75) is 33.2 Å². The first kappa shape index (κ1) is 14.6. The number of rotatable bonds is 8. The van der Waals surface area contributed by atoms with Crippen LogP contribution in [0.4, 0.5) is 0 Å². The van der Waals surface area contributed by atoms with E-state index in [1.54, 1.807) is 0 Å². The summed E-state index contributed by atoms with van der Waals surface area (Å²) >= 11 is 0. The fourth-order valence-electron chi connectivity index (χ4n) is 1.82. The van der Waals surface area contributed by atoms with Crippen molar-refractivity contribution in [1.29, 1.82) is 0 Å². The molecule has 0 aliphatic carbocycles. The summed E-state index contributed by atoms with van der Waals surface area (Å²) in [5.74, 6) is 0.816. The van der Waals surface area contributed by atoms with Gasteiger partial charge in [-0.25, -0.2) is 0 Å². The van der Waals surface area contributed by atoms with Crippen molar-refractivity contribution in [2.24, 2.45) is 11.8 Å². The first-order chi connectivity index (χ1) is 7.01. The summed E-state index contributed by atoms with van der Waals surface area (Å²) in [6.07, 6.45) is 2.00. The topological polar surface area (TPSA) is 32.3 Å². The zero-order valence-electron chi connectivity index (χ0n) is 10.8. The van der Waals surface area contributed by atoms with Crippen LogP contribution < -0.4 is 5.32 Å². The lowest BCUT2D eigenvalue weighted by Crippen LogP contribution is -2.35. The predicted octanol–water partition coefficient (Wildman–Crippen LogP) is 1.39. The SMILES string of the molecule is CNCC(C=O)CC(C)N(C)CC(C)C. The summed E-state index contributed by atoms with van der Waals surface area (Å²) in [7, 11) is 4.02. The van der Waals surface area contributed by atoms with Gasteiger partial charge in [-0.15, -0.1) is 0 Å². The zero-order valence-corrected chi connectivity index (χ0v) is 10.8. The summed E-state index contributed by atoms with van der Waals surface area (Å²) in [5, 5.41) is 3.05. The van der Waals surface area contributed by atoms with Crippen LogP contribution >= 0.6 is 0 Å². The molecule has 0 radical (unpaired) electrons. The molecule has 0 amide bonds. The molecule has 0 heterocycles. The van der Waals surface area contributed by atoms with Gasteiger partial charge < -0.3 is 15.0 Å². The molecule has 0 fully saturated rings. The van der Waals surface area contributed by atoms with E-state index in [1.807, 2.05) is 7.05 Å². The number of hydrogen-bond acceptors (Lipinski definition) is 3. The van der Waals surface area contributed by atoms with Gasteiger partial charge >= 0.3 is 0 Å². The molecule has 15 heavy (non-hydrogen) atoms. The van der Waals surface area contributed by atoms with E-state index in [0.29, 0.717) is 12.0 Å². The zero-order chi connectivity index (χ0) is 11.8. The van der Waals surface area contributed by atoms with Crippen LogP contribution in [0.3, 0.4) is 0 Å². The standard InChI is InChI=1S/C12H26N2O/c1-10(2)8-14(5)11(3)6-12(9-15)7-13-4/h9-13H,6-8H2,1-5H3. The van der Waals surface area contributed by atoms with Crippen molar-refractivity contribution >= 4 is 6.29 Å². The van der Waals surface area contributed by atoms with Crippen molar-refractivity contribution in [3.05, 3.63) is 0 Å². The van der Waals surface area contributed by atoms with Gasteiger partial charge in [-0.3, -0.25) is 0 Å². The maximum Gasteiger partial charge on any atom is 0.124 e. The van der Waals surface area contributed by atoms with Crippen LogP contribution in [0.25, 0.3) is 0 Å². The Labute approximate surface area is 94.2 Å². The van der Waals surface area contributed by atoms with Crippen molar-refractivity contribution in [2.75, 3.05) is 27.2 Å². The minimum Gasteiger partial charge on any atom is -0.319 e. The molecule has 3 heteroatoms. The maximum atomic E-state index is 10.8. The Morgan fingerprint density at radius 1 is 1.33 bits per heavy atom. The fraction of sp³-hybridized carbons (Fsp3) is 0.917. The minimum absolute atomic E-state index is 0.139. The quantitative estimate of drug-likeness (QED) is 0.620. The lowest BCUT2D eigenvalue weighted by molar-refractivity contribution is -0.111. The van der Waals surface area contributed by atoms with E-state index in [2.05, 4.69) is 38.0 Å². The largest absolute Gasteiger partial charge is 0.319 e. The minimum atomic E-state index is 0.139. The van der Waals surface area contributed by atoms with E-state index in [4.69, 9.17) is 0 Å². The molecule has 0 aliphatic heterocycles. The highest BCUT2D eigenvalue weighted by atomic mass is 16.1. The summed E-state index contributed by atoms with van der Waals surface area (Å²) in [4.78, 5) is 13.1. The number of nitrogens with one attached hydrogen (secondary N) is 1. The first-order valence-corrected chi connectivity index (χ1v) is 5.81. The highest BCUT2D eigenvalue weighted by molar-refractivity contribution is 5.53. The van der Waals surface area contributed by atoms with Crippen LogP contribution in [-0.4, -0.2) is 44.4 Å². The second-order valence-electron chi connectivity index (χ2n) is 4.87. The van der Waals surface area contributed by atoms with E-state index in [0.717, 1.165) is 25.8 Å². The van der Waals surface area contributed by atoms with Crippen LogP contribution in [0.1, 0.15) is 27.2 Å². The number of hydrogen-bond donors (Lipinski definition) is 1. The molecule has 0 saturated carbocycles. The Morgan fingerprint density at radius 2 is 1.93 bits per heavy atom. The summed E-state index contributed by atoms with van der Waals surface area (Å²) in [5.41, 5.74) is 0. The molecule has 1 N–H and O–H groups in total. The van der Waals surface area contributed by atoms with Crippen molar-refractivity contribution in [3.8, 4) is 0 Å². The molecule has 2 unspecified atom stereocenters. The van der Waals surface area contributed by atoms with Crippen molar-refractivity contribution in [3.63, 3.8) is 0 Å². The first-order valence-electron chi connectivity index (χ1n) is 5.81. The number of aldehydes is 1. The van der Waals surface area contributed by atoms with Crippen LogP contribution in [0.15, 0.2) is 0 Å². The average Bonchev–Trinajstić information content (AvgIpc) is 2.15. The lowest BCUT2D eigenvalue weighted by Gasteiger charge is -2.28. The molecule has 0 aromatic heterocycles. The third-order valence-electron chi connectivity index (χ3n) is 2.71. The van der Waals surface area contributed by atoms with E-state index in [9.17, 15) is 4.79 Å². The molecule has 0 saturated heterocycles. The molecular formula is C12H26N2O. The third kappa shape index (κ3) is 6.63. The van der Waals surface area contributed by atoms with E-state index >= 15 is 0 Å². The Hall–Kier alpha value is -0.410. The van der Waals surface area contributed by atoms with E-state index in [-0.39, 0.29) is 5.92 Å². The maximum absolute atomic E-state index is 10.8. The van der Waals surface area contributed by atoms with Gasteiger partial charge in [0.1, 0.15) is 6.29 Å². The van der Waals surface area contributed by atoms with Gasteiger partial charge in [0.05, 0.1) is 0 Å². The molecular weight excluding hydrogens is 188 g/mol. The molecule has 90 valence electrons. The van der Waals surface area contributed by atoms with Crippen LogP contribution in [0.5, 0.6) is 0 Å². The summed E-state index contributed by atoms with van der Waals surface area (Å²) < 4.78 is 0. The number of nitrogens with zero attached hydrogens (tertiary/aromatic N) is 1. The van der Waals surface area contributed by atoms with E-state index < -0.39 is 0 Å². The second kappa shape index (κ2) is 7.83. The molecule has 0 aromatic carbocycles. The molecule has 3 nitrogen and oxygen atoms in total.